The second kappa shape index (κ2) is 6.74. The summed E-state index contributed by atoms with van der Waals surface area (Å²) in [5.74, 6) is -2.78. The SMILES string of the molecule is CC(C)(C)c1cc(CC(=O)[C@@H]2CCN2C(=O)C2CCC(F)(F)CC2)on1. The number of amides is 1. The lowest BCUT2D eigenvalue weighted by atomic mass is 9.84. The zero-order chi connectivity index (χ0) is 19.1. The molecular weight excluding hydrogens is 342 g/mol. The summed E-state index contributed by atoms with van der Waals surface area (Å²) in [5.41, 5.74) is 0.622. The maximum Gasteiger partial charge on any atom is 0.248 e. The van der Waals surface area contributed by atoms with Gasteiger partial charge in [-0.15, -0.1) is 0 Å². The fourth-order valence-electron chi connectivity index (χ4n) is 3.55. The van der Waals surface area contributed by atoms with Crippen molar-refractivity contribution in [2.45, 2.75) is 76.7 Å². The Bertz CT molecular complexity index is 683. The number of ketones is 1. The number of hydrogen-bond donors (Lipinski definition) is 0. The molecule has 2 fully saturated rings. The molecule has 0 unspecified atom stereocenters. The molecule has 1 aliphatic heterocycles. The number of rotatable bonds is 4. The molecule has 0 spiro atoms. The van der Waals surface area contributed by atoms with E-state index in [4.69, 9.17) is 4.52 Å². The van der Waals surface area contributed by atoms with E-state index < -0.39 is 12.0 Å². The fraction of sp³-hybridized carbons (Fsp3) is 0.737. The molecule has 1 amide bonds. The fourth-order valence-corrected chi connectivity index (χ4v) is 3.55. The molecule has 2 heterocycles. The molecule has 0 aromatic carbocycles. The summed E-state index contributed by atoms with van der Waals surface area (Å²) < 4.78 is 31.8. The zero-order valence-electron chi connectivity index (χ0n) is 15.6. The minimum absolute atomic E-state index is 0.0812. The van der Waals surface area contributed by atoms with E-state index in [-0.39, 0.29) is 55.1 Å². The van der Waals surface area contributed by atoms with Crippen molar-refractivity contribution >= 4 is 11.7 Å². The third-order valence-electron chi connectivity index (χ3n) is 5.42. The van der Waals surface area contributed by atoms with Gasteiger partial charge in [-0.05, 0) is 19.3 Å². The molecule has 2 aliphatic rings. The van der Waals surface area contributed by atoms with Crippen LogP contribution >= 0.6 is 0 Å². The largest absolute Gasteiger partial charge is 0.361 e. The van der Waals surface area contributed by atoms with Crippen LogP contribution in [0.15, 0.2) is 10.6 Å². The summed E-state index contributed by atoms with van der Waals surface area (Å²) in [5, 5.41) is 4.01. The first-order valence-electron chi connectivity index (χ1n) is 9.24. The van der Waals surface area contributed by atoms with Gasteiger partial charge in [-0.1, -0.05) is 25.9 Å². The van der Waals surface area contributed by atoms with E-state index in [1.54, 1.807) is 11.0 Å². The summed E-state index contributed by atoms with van der Waals surface area (Å²) in [6, 6.07) is 1.32. The minimum Gasteiger partial charge on any atom is -0.361 e. The standard InChI is InChI=1S/C19H26F2N2O3/c1-18(2,3)16-11-13(26-22-16)10-15(24)14-6-9-23(14)17(25)12-4-7-19(20,21)8-5-12/h11-12,14H,4-10H2,1-3H3/t14-/m0/s1. The van der Waals surface area contributed by atoms with Gasteiger partial charge < -0.3 is 9.42 Å². The van der Waals surface area contributed by atoms with Crippen LogP contribution in [0, 0.1) is 5.92 Å². The lowest BCUT2D eigenvalue weighted by Gasteiger charge is -2.42. The number of likely N-dealkylation sites (tertiary alicyclic amines) is 1. The average Bonchev–Trinajstić information content (AvgIpc) is 2.94. The molecule has 0 radical (unpaired) electrons. The number of halogens is 2. The van der Waals surface area contributed by atoms with E-state index in [0.717, 1.165) is 5.69 Å². The Morgan fingerprint density at radius 3 is 2.42 bits per heavy atom. The third-order valence-corrected chi connectivity index (χ3v) is 5.42. The van der Waals surface area contributed by atoms with Crippen LogP contribution in [0.25, 0.3) is 0 Å². The van der Waals surface area contributed by atoms with E-state index in [1.807, 2.05) is 20.8 Å². The Hall–Kier alpha value is -1.79. The lowest BCUT2D eigenvalue weighted by molar-refractivity contribution is -0.152. The van der Waals surface area contributed by atoms with E-state index in [1.165, 1.54) is 0 Å². The number of carbonyl (C=O) groups is 2. The van der Waals surface area contributed by atoms with Crippen LogP contribution in [-0.4, -0.2) is 40.3 Å². The maximum absolute atomic E-state index is 13.3. The highest BCUT2D eigenvalue weighted by Gasteiger charge is 2.43. The highest BCUT2D eigenvalue weighted by molar-refractivity contribution is 5.92. The molecule has 1 saturated carbocycles. The van der Waals surface area contributed by atoms with Gasteiger partial charge in [0.2, 0.25) is 11.8 Å². The van der Waals surface area contributed by atoms with Crippen LogP contribution in [0.1, 0.15) is 64.3 Å². The molecule has 0 bridgehead atoms. The molecule has 5 nitrogen and oxygen atoms in total. The van der Waals surface area contributed by atoms with Gasteiger partial charge in [0.1, 0.15) is 5.76 Å². The van der Waals surface area contributed by atoms with E-state index in [2.05, 4.69) is 5.16 Å². The number of nitrogens with zero attached hydrogens (tertiary/aromatic N) is 2. The molecule has 1 atom stereocenters. The molecule has 3 rings (SSSR count). The molecule has 26 heavy (non-hydrogen) atoms. The van der Waals surface area contributed by atoms with Crippen molar-refractivity contribution < 1.29 is 22.9 Å². The van der Waals surface area contributed by atoms with Gasteiger partial charge >= 0.3 is 0 Å². The quantitative estimate of drug-likeness (QED) is 0.816. The number of alkyl halides is 2. The molecule has 1 saturated heterocycles. The van der Waals surface area contributed by atoms with Crippen LogP contribution in [0.5, 0.6) is 0 Å². The van der Waals surface area contributed by atoms with E-state index in [9.17, 15) is 18.4 Å². The van der Waals surface area contributed by atoms with Crippen molar-refractivity contribution in [3.63, 3.8) is 0 Å². The number of hydrogen-bond acceptors (Lipinski definition) is 4. The molecular formula is C19H26F2N2O3. The third kappa shape index (κ3) is 3.96. The first kappa shape index (κ1) is 19.0. The first-order chi connectivity index (χ1) is 12.1. The molecule has 1 aromatic heterocycles. The highest BCUT2D eigenvalue weighted by atomic mass is 19.3. The van der Waals surface area contributed by atoms with E-state index in [0.29, 0.717) is 18.7 Å². The summed E-state index contributed by atoms with van der Waals surface area (Å²) in [4.78, 5) is 26.7. The highest BCUT2D eigenvalue weighted by Crippen LogP contribution is 2.38. The van der Waals surface area contributed by atoms with Crippen LogP contribution in [0.3, 0.4) is 0 Å². The smallest absolute Gasteiger partial charge is 0.248 e. The average molecular weight is 368 g/mol. The summed E-state index contributed by atoms with van der Waals surface area (Å²) in [7, 11) is 0. The second-order valence-corrected chi connectivity index (χ2v) is 8.54. The predicted molar refractivity (Wildman–Crippen MR) is 90.9 cm³/mol. The van der Waals surface area contributed by atoms with Gasteiger partial charge in [0.05, 0.1) is 18.2 Å². The van der Waals surface area contributed by atoms with Crippen molar-refractivity contribution in [1.82, 2.24) is 10.1 Å². The predicted octanol–water partition coefficient (Wildman–Crippen LogP) is 3.51. The Kier molecular flexibility index (Phi) is 4.92. The molecule has 7 heteroatoms. The van der Waals surface area contributed by atoms with Crippen molar-refractivity contribution in [1.29, 1.82) is 0 Å². The number of carbonyl (C=O) groups excluding carboxylic acids is 2. The maximum atomic E-state index is 13.3. The van der Waals surface area contributed by atoms with Gasteiger partial charge in [-0.25, -0.2) is 8.78 Å². The van der Waals surface area contributed by atoms with Crippen LogP contribution < -0.4 is 0 Å². The molecule has 0 N–H and O–H groups in total. The molecule has 144 valence electrons. The van der Waals surface area contributed by atoms with Crippen LogP contribution in [0.2, 0.25) is 0 Å². The normalized spacial score (nSPS) is 23.6. The van der Waals surface area contributed by atoms with Gasteiger partial charge in [-0.3, -0.25) is 9.59 Å². The van der Waals surface area contributed by atoms with Crippen LogP contribution in [-0.2, 0) is 21.4 Å². The number of aromatic nitrogens is 1. The summed E-state index contributed by atoms with van der Waals surface area (Å²) in [6.07, 6.45) is 0.613. The monoisotopic (exact) mass is 368 g/mol. The van der Waals surface area contributed by atoms with Crippen LogP contribution in [0.4, 0.5) is 8.78 Å². The van der Waals surface area contributed by atoms with Gasteiger partial charge in [-0.2, -0.15) is 0 Å². The lowest BCUT2D eigenvalue weighted by Crippen LogP contribution is -2.57. The van der Waals surface area contributed by atoms with Gasteiger partial charge in [0, 0.05) is 36.8 Å². The van der Waals surface area contributed by atoms with Crippen molar-refractivity contribution in [3.05, 3.63) is 17.5 Å². The van der Waals surface area contributed by atoms with Crippen molar-refractivity contribution in [3.8, 4) is 0 Å². The Balaban J connectivity index is 1.57. The second-order valence-electron chi connectivity index (χ2n) is 8.54. The Morgan fingerprint density at radius 1 is 1.27 bits per heavy atom. The van der Waals surface area contributed by atoms with Gasteiger partial charge in [0.25, 0.3) is 0 Å². The first-order valence-corrected chi connectivity index (χ1v) is 9.24. The summed E-state index contributed by atoms with van der Waals surface area (Å²) in [6.45, 7) is 6.55. The summed E-state index contributed by atoms with van der Waals surface area (Å²) >= 11 is 0. The molecule has 1 aliphatic carbocycles. The Morgan fingerprint density at radius 2 is 1.92 bits per heavy atom. The van der Waals surface area contributed by atoms with Crippen molar-refractivity contribution in [2.24, 2.45) is 5.92 Å². The van der Waals surface area contributed by atoms with Crippen molar-refractivity contribution in [2.75, 3.05) is 6.54 Å². The molecule has 1 aromatic rings. The van der Waals surface area contributed by atoms with Gasteiger partial charge in [0.15, 0.2) is 5.78 Å². The Labute approximate surface area is 152 Å². The minimum atomic E-state index is -2.65. The van der Waals surface area contributed by atoms with E-state index >= 15 is 0 Å². The topological polar surface area (TPSA) is 63.4 Å². The number of Topliss-reactive ketones (excluding diaryl/α,β-unsaturated/α-hetero) is 1. The zero-order valence-corrected chi connectivity index (χ0v) is 15.6.